The smallest absolute Gasteiger partial charge is 0.407 e. The van der Waals surface area contributed by atoms with Crippen LogP contribution in [-0.2, 0) is 23.8 Å². The second-order valence-electron chi connectivity index (χ2n) is 19.2. The zero-order valence-electron chi connectivity index (χ0n) is 39.7. The lowest BCUT2D eigenvalue weighted by molar-refractivity contribution is -0.136. The molecule has 2 saturated heterocycles. The van der Waals surface area contributed by atoms with E-state index in [4.69, 9.17) is 24.2 Å². The maximum Gasteiger partial charge on any atom is 0.407 e. The molecule has 350 valence electrons. The van der Waals surface area contributed by atoms with E-state index in [1.54, 1.807) is 0 Å². The summed E-state index contributed by atoms with van der Waals surface area (Å²) in [6.45, 7) is 17.3. The second-order valence-corrected chi connectivity index (χ2v) is 19.2. The van der Waals surface area contributed by atoms with Crippen molar-refractivity contribution >= 4 is 35.0 Å². The van der Waals surface area contributed by atoms with Crippen molar-refractivity contribution in [2.75, 3.05) is 27.3 Å². The molecule has 15 nitrogen and oxygen atoms in total. The highest BCUT2D eigenvalue weighted by Gasteiger charge is 2.42. The minimum absolute atomic E-state index is 0.0791. The Morgan fingerprint density at radius 2 is 1.26 bits per heavy atom. The van der Waals surface area contributed by atoms with Crippen LogP contribution in [0.25, 0.3) is 44.5 Å². The number of hydrogen-bond donors (Lipinski definition) is 4. The molecule has 3 aliphatic heterocycles. The summed E-state index contributed by atoms with van der Waals surface area (Å²) in [5, 5.41) is 5.47. The Kier molecular flexibility index (Phi) is 13.3. The molecule has 5 aromatic rings. The Labute approximate surface area is 386 Å². The van der Waals surface area contributed by atoms with Gasteiger partial charge in [-0.15, -0.1) is 0 Å². The van der Waals surface area contributed by atoms with Crippen LogP contribution in [0.5, 0.6) is 0 Å². The first-order valence-electron chi connectivity index (χ1n) is 23.4. The number of rotatable bonds is 12. The van der Waals surface area contributed by atoms with Gasteiger partial charge in [0, 0.05) is 13.1 Å². The van der Waals surface area contributed by atoms with Gasteiger partial charge in [0.1, 0.15) is 23.7 Å². The van der Waals surface area contributed by atoms with Crippen LogP contribution in [0.1, 0.15) is 122 Å². The maximum atomic E-state index is 13.9. The molecule has 4 N–H and O–H groups in total. The summed E-state index contributed by atoms with van der Waals surface area (Å²) in [6.07, 6.45) is 2.71. The largest absolute Gasteiger partial charge is 0.453 e. The van der Waals surface area contributed by atoms with E-state index in [-0.39, 0.29) is 59.8 Å². The van der Waals surface area contributed by atoms with Gasteiger partial charge in [0.15, 0.2) is 0 Å². The molecule has 15 heteroatoms. The van der Waals surface area contributed by atoms with Gasteiger partial charge in [0.25, 0.3) is 0 Å². The van der Waals surface area contributed by atoms with E-state index in [0.717, 1.165) is 75.5 Å². The van der Waals surface area contributed by atoms with Crippen molar-refractivity contribution in [3.05, 3.63) is 83.6 Å². The fourth-order valence-corrected chi connectivity index (χ4v) is 10.3. The number of nitrogens with one attached hydrogen (secondary N) is 4. The van der Waals surface area contributed by atoms with Gasteiger partial charge in [0.2, 0.25) is 11.8 Å². The Hall–Kier alpha value is -6.22. The number of alkyl carbamates (subject to hydrolysis) is 2. The first kappa shape index (κ1) is 46.3. The quantitative estimate of drug-likeness (QED) is 0.0948. The van der Waals surface area contributed by atoms with E-state index in [0.29, 0.717) is 13.1 Å². The molecular weight excluding hydrogens is 837 g/mol. The number of H-pyrrole nitrogens is 2. The molecule has 3 aliphatic rings. The lowest BCUT2D eigenvalue weighted by atomic mass is 9.86. The Bertz CT molecular complexity index is 2600. The molecule has 0 spiro atoms. The fraction of sp³-hybridized carbons (Fsp3) is 0.490. The number of methoxy groups -OCH3 is 2. The monoisotopic (exact) mass is 900 g/mol. The summed E-state index contributed by atoms with van der Waals surface area (Å²) in [7, 11) is 2.60. The first-order chi connectivity index (χ1) is 31.6. The minimum Gasteiger partial charge on any atom is -0.453 e. The number of aromatic nitrogens is 4. The molecule has 0 radical (unpaired) electrons. The summed E-state index contributed by atoms with van der Waals surface area (Å²) in [4.78, 5) is 72.7. The number of ether oxygens (including phenoxy) is 3. The van der Waals surface area contributed by atoms with Crippen LogP contribution in [0.15, 0.2) is 60.8 Å². The molecule has 8 rings (SSSR count). The number of imidazole rings is 2. The van der Waals surface area contributed by atoms with E-state index in [9.17, 15) is 19.2 Å². The van der Waals surface area contributed by atoms with Crippen LogP contribution in [0.3, 0.4) is 0 Å². The zero-order valence-corrected chi connectivity index (χ0v) is 39.7. The average Bonchev–Trinajstić information content (AvgIpc) is 4.16. The van der Waals surface area contributed by atoms with Crippen LogP contribution >= 0.6 is 0 Å². The van der Waals surface area contributed by atoms with Crippen LogP contribution in [0.2, 0.25) is 0 Å². The van der Waals surface area contributed by atoms with Crippen molar-refractivity contribution in [2.45, 2.75) is 111 Å². The molecule has 0 bridgehead atoms. The molecular formula is C51H64N8O7. The first-order valence-corrected chi connectivity index (χ1v) is 23.4. The molecule has 8 atom stereocenters. The summed E-state index contributed by atoms with van der Waals surface area (Å²) in [6, 6.07) is 17.2. The molecule has 4 amide bonds. The van der Waals surface area contributed by atoms with E-state index < -0.39 is 24.3 Å². The number of likely N-dealkylation sites (tertiary alicyclic amines) is 2. The average molecular weight is 901 g/mol. The van der Waals surface area contributed by atoms with Crippen molar-refractivity contribution < 1.29 is 33.4 Å². The second kappa shape index (κ2) is 18.9. The third-order valence-electron chi connectivity index (χ3n) is 13.7. The zero-order chi connectivity index (χ0) is 47.1. The van der Waals surface area contributed by atoms with Gasteiger partial charge >= 0.3 is 12.2 Å². The van der Waals surface area contributed by atoms with Crippen molar-refractivity contribution in [1.82, 2.24) is 40.4 Å². The SMILES string of the molecule is CCC1OC(C)c2c(-c3ccc(-c4cnc(C5C[C@H](C)CN5C(=O)[C@@H](NC(=O)OC)C(C)C)[nH]4)cc3)ccc(-c3ccc4nc([C@@H]5C[C@H](C)CN5C(=O)[C@@H](NC(=O)OC)C(C)C)[nH]c4c3)c21. The van der Waals surface area contributed by atoms with Gasteiger partial charge in [0.05, 0.1) is 61.4 Å². The molecule has 0 saturated carbocycles. The number of benzene rings is 3. The normalized spacial score (nSPS) is 22.5. The van der Waals surface area contributed by atoms with Crippen LogP contribution < -0.4 is 10.6 Å². The van der Waals surface area contributed by atoms with E-state index in [1.807, 2.05) is 49.8 Å². The standard InChI is InChI=1S/C51H64N8O7/c1-11-41-43-35(33-16-19-36-37(22-33)54-47(53-36)40-21-29(7)25-59(40)49(61)45(27(4)5)57-51(63)65-10)18-17-34(42(43)30(8)66-41)31-12-14-32(15-13-31)38-23-52-46(55-38)39-20-28(6)24-58(39)48(60)44(26(2)3)56-50(62)64-9/h12-19,22-23,26-30,39-41,44-45H,11,20-21,24-25H2,1-10H3,(H,52,55)(H,53,54)(H,56,62)(H,57,63)/t28-,29-,30?,39?,40-,41?,44-,45-/m0/s1. The van der Waals surface area contributed by atoms with E-state index >= 15 is 0 Å². The minimum atomic E-state index is -0.717. The van der Waals surface area contributed by atoms with Gasteiger partial charge in [-0.2, -0.15) is 0 Å². The maximum absolute atomic E-state index is 13.9. The van der Waals surface area contributed by atoms with Gasteiger partial charge in [-0.3, -0.25) is 9.59 Å². The molecule has 3 unspecified atom stereocenters. The number of fused-ring (bicyclic) bond motifs is 2. The Balaban J connectivity index is 1.05. The third kappa shape index (κ3) is 8.89. The van der Waals surface area contributed by atoms with Gasteiger partial charge in [-0.05, 0) is 101 Å². The highest BCUT2D eigenvalue weighted by atomic mass is 16.5. The summed E-state index contributed by atoms with van der Waals surface area (Å²) in [5.74, 6) is 1.44. The molecule has 0 aliphatic carbocycles. The fourth-order valence-electron chi connectivity index (χ4n) is 10.3. The van der Waals surface area contributed by atoms with Crippen molar-refractivity contribution in [3.8, 4) is 33.5 Å². The van der Waals surface area contributed by atoms with Gasteiger partial charge in [-0.1, -0.05) is 90.9 Å². The van der Waals surface area contributed by atoms with Crippen molar-refractivity contribution in [3.63, 3.8) is 0 Å². The Morgan fingerprint density at radius 3 is 1.80 bits per heavy atom. The number of amides is 4. The summed E-state index contributed by atoms with van der Waals surface area (Å²) in [5.41, 5.74) is 10.3. The van der Waals surface area contributed by atoms with Gasteiger partial charge in [-0.25, -0.2) is 19.6 Å². The highest BCUT2D eigenvalue weighted by Crippen LogP contribution is 2.50. The van der Waals surface area contributed by atoms with E-state index in [2.05, 4.69) is 96.8 Å². The van der Waals surface area contributed by atoms with Crippen LogP contribution in [0.4, 0.5) is 9.59 Å². The van der Waals surface area contributed by atoms with Crippen molar-refractivity contribution in [2.24, 2.45) is 23.7 Å². The highest BCUT2D eigenvalue weighted by molar-refractivity contribution is 5.89. The van der Waals surface area contributed by atoms with E-state index in [1.165, 1.54) is 25.3 Å². The molecule has 66 heavy (non-hydrogen) atoms. The number of nitrogens with zero attached hydrogens (tertiary/aromatic N) is 4. The lowest BCUT2D eigenvalue weighted by Crippen LogP contribution is -2.51. The third-order valence-corrected chi connectivity index (χ3v) is 13.7. The molecule has 3 aromatic carbocycles. The molecule has 5 heterocycles. The molecule has 2 fully saturated rings. The Morgan fingerprint density at radius 1 is 0.727 bits per heavy atom. The number of hydrogen-bond acceptors (Lipinski definition) is 9. The number of carbonyl (C=O) groups excluding carboxylic acids is 4. The number of carbonyl (C=O) groups is 4. The predicted octanol–water partition coefficient (Wildman–Crippen LogP) is 9.41. The van der Waals surface area contributed by atoms with Gasteiger partial charge < -0.3 is 44.6 Å². The molecule has 2 aromatic heterocycles. The number of aromatic amines is 2. The summed E-state index contributed by atoms with van der Waals surface area (Å²) < 4.78 is 16.3. The van der Waals surface area contributed by atoms with Crippen LogP contribution in [0, 0.1) is 23.7 Å². The lowest BCUT2D eigenvalue weighted by Gasteiger charge is -2.30. The summed E-state index contributed by atoms with van der Waals surface area (Å²) >= 11 is 0. The topological polar surface area (TPSA) is 184 Å². The van der Waals surface area contributed by atoms with Crippen LogP contribution in [-0.4, -0.2) is 93.1 Å². The predicted molar refractivity (Wildman–Crippen MR) is 252 cm³/mol. The van der Waals surface area contributed by atoms with Crippen molar-refractivity contribution in [1.29, 1.82) is 0 Å².